The van der Waals surface area contributed by atoms with Gasteiger partial charge in [-0.2, -0.15) is 26.3 Å². The second-order valence-electron chi connectivity index (χ2n) is 8.43. The molecule has 1 aliphatic heterocycles. The number of carbonyl (C=O) groups excluding carboxylic acids is 2. The number of halogens is 6. The number of piperazine rings is 1. The van der Waals surface area contributed by atoms with Gasteiger partial charge in [0.2, 0.25) is 12.2 Å². The van der Waals surface area contributed by atoms with E-state index in [0.717, 1.165) is 17.8 Å². The zero-order valence-electron chi connectivity index (χ0n) is 19.6. The third kappa shape index (κ3) is 8.65. The Hall–Kier alpha value is -3.44. The largest absolute Gasteiger partial charge is 0.508 e. The molecule has 2 aromatic carbocycles. The number of alkyl halides is 6. The van der Waals surface area contributed by atoms with Crippen molar-refractivity contribution in [3.63, 3.8) is 0 Å². The summed E-state index contributed by atoms with van der Waals surface area (Å²) in [6, 6.07) is 11.2. The zero-order chi connectivity index (χ0) is 27.1. The number of aldehydes is 1. The Kier molecular flexibility index (Phi) is 9.60. The Bertz CT molecular complexity index is 984. The Morgan fingerprint density at radius 2 is 1.42 bits per heavy atom. The average Bonchev–Trinajstić information content (AvgIpc) is 2.82. The lowest BCUT2D eigenvalue weighted by atomic mass is 10.0. The summed E-state index contributed by atoms with van der Waals surface area (Å²) in [4.78, 5) is 25.7. The molecule has 2 aromatic rings. The number of aromatic hydroxyl groups is 1. The number of nitrogens with one attached hydrogen (secondary N) is 1. The first-order chi connectivity index (χ1) is 16.7. The molecule has 0 spiro atoms. The summed E-state index contributed by atoms with van der Waals surface area (Å²) in [6.45, 7) is 6.26. The van der Waals surface area contributed by atoms with Crippen molar-refractivity contribution < 1.29 is 41.0 Å². The van der Waals surface area contributed by atoms with E-state index in [2.05, 4.69) is 10.2 Å². The molecule has 0 aliphatic carbocycles. The maximum Gasteiger partial charge on any atom is 0.446 e. The van der Waals surface area contributed by atoms with Crippen molar-refractivity contribution in [2.45, 2.75) is 32.2 Å². The number of rotatable bonds is 5. The maximum absolute atomic E-state index is 13.1. The molecule has 1 heterocycles. The van der Waals surface area contributed by atoms with Crippen LogP contribution in [0, 0.1) is 5.92 Å². The van der Waals surface area contributed by atoms with Crippen molar-refractivity contribution in [2.24, 2.45) is 5.92 Å². The van der Waals surface area contributed by atoms with Gasteiger partial charge in [-0.15, -0.1) is 0 Å². The van der Waals surface area contributed by atoms with Crippen LogP contribution in [0.5, 0.6) is 5.75 Å². The topological polar surface area (TPSA) is 72.9 Å². The molecular formula is C24H27F6N3O3. The first kappa shape index (κ1) is 28.8. The van der Waals surface area contributed by atoms with E-state index in [4.69, 9.17) is 4.79 Å². The first-order valence-corrected chi connectivity index (χ1v) is 11.0. The number of benzene rings is 2. The van der Waals surface area contributed by atoms with Crippen LogP contribution in [0.2, 0.25) is 0 Å². The van der Waals surface area contributed by atoms with Gasteiger partial charge in [0.15, 0.2) is 0 Å². The fourth-order valence-corrected chi connectivity index (χ4v) is 3.49. The minimum Gasteiger partial charge on any atom is -0.508 e. The number of nitrogens with zero attached hydrogens (tertiary/aromatic N) is 2. The molecule has 1 fully saturated rings. The second kappa shape index (κ2) is 12.0. The van der Waals surface area contributed by atoms with Gasteiger partial charge >= 0.3 is 12.4 Å². The normalized spacial score (nSPS) is 15.1. The van der Waals surface area contributed by atoms with Crippen molar-refractivity contribution in [2.75, 3.05) is 36.4 Å². The average molecular weight is 519 g/mol. The Labute approximate surface area is 204 Å². The summed E-state index contributed by atoms with van der Waals surface area (Å²) in [5.74, 6) is 0.117. The molecule has 0 aromatic heterocycles. The predicted octanol–water partition coefficient (Wildman–Crippen LogP) is 4.94. The number of hydrogen-bond donors (Lipinski definition) is 2. The van der Waals surface area contributed by atoms with Gasteiger partial charge in [-0.25, -0.2) is 0 Å². The number of carbonyl (C=O) groups is 2. The van der Waals surface area contributed by atoms with E-state index >= 15 is 0 Å². The minimum absolute atomic E-state index is 0.0325. The Morgan fingerprint density at radius 3 is 1.83 bits per heavy atom. The number of phenols is 1. The third-order valence-electron chi connectivity index (χ3n) is 5.41. The fraction of sp³-hybridized carbons (Fsp3) is 0.417. The van der Waals surface area contributed by atoms with E-state index in [9.17, 15) is 36.2 Å². The smallest absolute Gasteiger partial charge is 0.446 e. The maximum atomic E-state index is 13.1. The molecule has 1 saturated heterocycles. The number of hydrogen-bond acceptors (Lipinski definition) is 5. The van der Waals surface area contributed by atoms with Crippen molar-refractivity contribution in [3.05, 3.63) is 54.1 Å². The monoisotopic (exact) mass is 519 g/mol. The van der Waals surface area contributed by atoms with E-state index in [-0.39, 0.29) is 17.6 Å². The Balaban J connectivity index is 0.000000678. The van der Waals surface area contributed by atoms with E-state index in [1.54, 1.807) is 17.0 Å². The number of anilines is 2. The van der Waals surface area contributed by atoms with E-state index in [1.165, 1.54) is 12.1 Å². The lowest BCUT2D eigenvalue weighted by Gasteiger charge is -2.38. The van der Waals surface area contributed by atoms with Crippen LogP contribution < -0.4 is 10.2 Å². The molecule has 198 valence electrons. The van der Waals surface area contributed by atoms with Crippen molar-refractivity contribution >= 4 is 23.6 Å². The number of amides is 1. The molecule has 1 amide bonds. The highest BCUT2D eigenvalue weighted by molar-refractivity contribution is 5.85. The van der Waals surface area contributed by atoms with Gasteiger partial charge < -0.3 is 20.2 Å². The van der Waals surface area contributed by atoms with Crippen LogP contribution in [0.4, 0.5) is 37.7 Å². The lowest BCUT2D eigenvalue weighted by Crippen LogP contribution is -2.54. The molecule has 0 unspecified atom stereocenters. The first-order valence-electron chi connectivity index (χ1n) is 11.0. The SMILES string of the molecule is CC(C)[C@@H](Nc1ccc(C(F)(F)F)cc1)C(=O)N1CCN(c2ccc(O)cc2)CC1.O=CC(F)(F)F. The molecule has 3 rings (SSSR count). The van der Waals surface area contributed by atoms with Crippen molar-refractivity contribution in [1.82, 2.24) is 4.90 Å². The molecule has 0 radical (unpaired) electrons. The highest BCUT2D eigenvalue weighted by Crippen LogP contribution is 2.30. The molecule has 12 heteroatoms. The lowest BCUT2D eigenvalue weighted by molar-refractivity contribution is -0.156. The second-order valence-corrected chi connectivity index (χ2v) is 8.43. The summed E-state index contributed by atoms with van der Waals surface area (Å²) in [6.07, 6.45) is -10.1. The molecule has 1 aliphatic rings. The quantitative estimate of drug-likeness (QED) is 0.433. The highest BCUT2D eigenvalue weighted by atomic mass is 19.4. The zero-order valence-corrected chi connectivity index (χ0v) is 19.6. The van der Waals surface area contributed by atoms with Crippen molar-refractivity contribution in [3.8, 4) is 5.75 Å². The molecule has 0 bridgehead atoms. The summed E-state index contributed by atoms with van der Waals surface area (Å²) in [5.41, 5.74) is 0.756. The van der Waals surface area contributed by atoms with Gasteiger partial charge in [-0.3, -0.25) is 9.59 Å². The molecule has 0 saturated carbocycles. The van der Waals surface area contributed by atoms with E-state index in [0.29, 0.717) is 31.9 Å². The predicted molar refractivity (Wildman–Crippen MR) is 123 cm³/mol. The van der Waals surface area contributed by atoms with Crippen LogP contribution in [0.1, 0.15) is 19.4 Å². The van der Waals surface area contributed by atoms with E-state index < -0.39 is 30.2 Å². The minimum atomic E-state index is -4.64. The van der Waals surface area contributed by atoms with Gasteiger partial charge in [0.05, 0.1) is 5.56 Å². The van der Waals surface area contributed by atoms with Crippen LogP contribution >= 0.6 is 0 Å². The van der Waals surface area contributed by atoms with Crippen molar-refractivity contribution in [1.29, 1.82) is 0 Å². The van der Waals surface area contributed by atoms with Gasteiger partial charge in [0, 0.05) is 37.6 Å². The van der Waals surface area contributed by atoms with Gasteiger partial charge in [0.1, 0.15) is 11.8 Å². The number of phenolic OH excluding ortho intramolecular Hbond substituents is 1. The Morgan fingerprint density at radius 1 is 0.917 bits per heavy atom. The highest BCUT2D eigenvalue weighted by Gasteiger charge is 2.32. The molecule has 2 N–H and O–H groups in total. The van der Waals surface area contributed by atoms with Crippen LogP contribution in [0.3, 0.4) is 0 Å². The van der Waals surface area contributed by atoms with Gasteiger partial charge in [-0.1, -0.05) is 13.8 Å². The summed E-state index contributed by atoms with van der Waals surface area (Å²) < 4.78 is 69.5. The fourth-order valence-electron chi connectivity index (χ4n) is 3.49. The molecule has 1 atom stereocenters. The van der Waals surface area contributed by atoms with Crippen LogP contribution in [0.15, 0.2) is 48.5 Å². The van der Waals surface area contributed by atoms with E-state index in [1.807, 2.05) is 26.0 Å². The van der Waals surface area contributed by atoms with Crippen LogP contribution in [-0.2, 0) is 15.8 Å². The summed E-state index contributed by atoms with van der Waals surface area (Å²) in [5, 5.41) is 12.5. The van der Waals surface area contributed by atoms with Crippen LogP contribution in [0.25, 0.3) is 0 Å². The van der Waals surface area contributed by atoms with Gasteiger partial charge in [0.25, 0.3) is 0 Å². The summed E-state index contributed by atoms with van der Waals surface area (Å²) in [7, 11) is 0. The third-order valence-corrected chi connectivity index (χ3v) is 5.41. The standard InChI is InChI=1S/C22H26F3N3O2.C2HF3O/c1-15(2)20(26-17-5-3-16(4-6-17)22(23,24)25)21(30)28-13-11-27(12-14-28)18-7-9-19(29)10-8-18;3-2(4,5)1-6/h3-10,15,20,26,29H,11-14H2,1-2H3;1H/t20-;/m1./s1. The molecular weight excluding hydrogens is 492 g/mol. The molecule has 6 nitrogen and oxygen atoms in total. The summed E-state index contributed by atoms with van der Waals surface area (Å²) >= 11 is 0. The van der Waals surface area contributed by atoms with Gasteiger partial charge in [-0.05, 0) is 54.4 Å². The molecule has 36 heavy (non-hydrogen) atoms. The van der Waals surface area contributed by atoms with Crippen LogP contribution in [-0.4, -0.2) is 60.6 Å².